The molecular formula is C19H18BrN. The van der Waals surface area contributed by atoms with Crippen LogP contribution < -0.4 is 4.90 Å². The molecular weight excluding hydrogens is 322 g/mol. The molecule has 0 bridgehead atoms. The molecule has 0 atom stereocenters. The quantitative estimate of drug-likeness (QED) is 0.597. The first-order valence-corrected chi connectivity index (χ1v) is 6.85. The zero-order valence-electron chi connectivity index (χ0n) is 11.7. The van der Waals surface area contributed by atoms with Gasteiger partial charge in [0.2, 0.25) is 0 Å². The Labute approximate surface area is 136 Å². The lowest BCUT2D eigenvalue weighted by Gasteiger charge is -2.25. The van der Waals surface area contributed by atoms with Gasteiger partial charge in [0, 0.05) is 17.9 Å². The van der Waals surface area contributed by atoms with Crippen molar-refractivity contribution in [1.29, 1.82) is 0 Å². The molecule has 21 heavy (non-hydrogen) atoms. The predicted molar refractivity (Wildman–Crippen MR) is 95.5 cm³/mol. The fourth-order valence-electron chi connectivity index (χ4n) is 2.31. The topological polar surface area (TPSA) is 3.24 Å². The van der Waals surface area contributed by atoms with E-state index in [1.807, 2.05) is 0 Å². The number of benzene rings is 3. The Bertz CT molecular complexity index is 599. The maximum Gasteiger partial charge on any atom is 0.0481 e. The Morgan fingerprint density at radius 3 is 1.33 bits per heavy atom. The molecule has 0 heterocycles. The maximum atomic E-state index is 2.33. The van der Waals surface area contributed by atoms with Crippen molar-refractivity contribution in [1.82, 2.24) is 0 Å². The molecule has 0 aliphatic rings. The van der Waals surface area contributed by atoms with Crippen LogP contribution in [0.2, 0.25) is 0 Å². The molecule has 0 amide bonds. The Hall–Kier alpha value is -2.06. The third kappa shape index (κ3) is 3.96. The van der Waals surface area contributed by atoms with Gasteiger partial charge in [0.1, 0.15) is 0 Å². The third-order valence-corrected chi connectivity index (χ3v) is 3.32. The smallest absolute Gasteiger partial charge is 0.0481 e. The minimum atomic E-state index is 0. The molecule has 2 heteroatoms. The summed E-state index contributed by atoms with van der Waals surface area (Å²) in [5, 5.41) is 0. The van der Waals surface area contributed by atoms with Crippen molar-refractivity contribution in [3.8, 4) is 0 Å². The van der Waals surface area contributed by atoms with Crippen LogP contribution in [0.5, 0.6) is 0 Å². The number of hydrogen-bond acceptors (Lipinski definition) is 1. The van der Waals surface area contributed by atoms with Crippen molar-refractivity contribution < 1.29 is 0 Å². The number of rotatable bonds is 4. The van der Waals surface area contributed by atoms with E-state index in [9.17, 15) is 0 Å². The lowest BCUT2D eigenvalue weighted by molar-refractivity contribution is 0.975. The van der Waals surface area contributed by atoms with E-state index in [2.05, 4.69) is 95.9 Å². The average molecular weight is 340 g/mol. The minimum Gasteiger partial charge on any atom is -0.337 e. The second-order valence-corrected chi connectivity index (χ2v) is 4.74. The molecule has 0 saturated carbocycles. The van der Waals surface area contributed by atoms with Crippen LogP contribution in [-0.4, -0.2) is 0 Å². The monoisotopic (exact) mass is 339 g/mol. The summed E-state index contributed by atoms with van der Waals surface area (Å²) in [5.74, 6) is 0. The van der Waals surface area contributed by atoms with Crippen molar-refractivity contribution in [2.75, 3.05) is 4.90 Å². The standard InChI is InChI=1S/C19H17N.BrH/c1-4-10-17(11-5-1)16-20(18-12-6-2-7-13-18)19-14-8-3-9-15-19;/h1-15H,16H2;1H. The lowest BCUT2D eigenvalue weighted by Crippen LogP contribution is -2.16. The average Bonchev–Trinajstić information content (AvgIpc) is 2.55. The zero-order valence-corrected chi connectivity index (χ0v) is 13.4. The summed E-state index contributed by atoms with van der Waals surface area (Å²) in [7, 11) is 0. The van der Waals surface area contributed by atoms with E-state index in [4.69, 9.17) is 0 Å². The second kappa shape index (κ2) is 7.65. The number of hydrogen-bond donors (Lipinski definition) is 0. The summed E-state index contributed by atoms with van der Waals surface area (Å²) in [5.41, 5.74) is 3.73. The van der Waals surface area contributed by atoms with Crippen molar-refractivity contribution in [2.24, 2.45) is 0 Å². The van der Waals surface area contributed by atoms with Crippen LogP contribution in [0.15, 0.2) is 91.0 Å². The van der Waals surface area contributed by atoms with Crippen LogP contribution in [0.1, 0.15) is 5.56 Å². The van der Waals surface area contributed by atoms with Gasteiger partial charge < -0.3 is 4.90 Å². The highest BCUT2D eigenvalue weighted by atomic mass is 79.9. The summed E-state index contributed by atoms with van der Waals surface area (Å²) in [4.78, 5) is 2.33. The van der Waals surface area contributed by atoms with Gasteiger partial charge >= 0.3 is 0 Å². The first kappa shape index (κ1) is 15.3. The highest BCUT2D eigenvalue weighted by molar-refractivity contribution is 8.93. The molecule has 1 nitrogen and oxygen atoms in total. The van der Waals surface area contributed by atoms with Crippen molar-refractivity contribution in [3.63, 3.8) is 0 Å². The van der Waals surface area contributed by atoms with E-state index in [0.29, 0.717) is 0 Å². The molecule has 0 unspecified atom stereocenters. The van der Waals surface area contributed by atoms with Crippen LogP contribution >= 0.6 is 17.0 Å². The number of anilines is 2. The van der Waals surface area contributed by atoms with Crippen LogP contribution in [0.3, 0.4) is 0 Å². The lowest BCUT2D eigenvalue weighted by atomic mass is 10.1. The Balaban J connectivity index is 0.00000161. The molecule has 106 valence electrons. The first-order chi connectivity index (χ1) is 9.93. The summed E-state index contributed by atoms with van der Waals surface area (Å²) in [6, 6.07) is 31.6. The van der Waals surface area contributed by atoms with Gasteiger partial charge in [0.15, 0.2) is 0 Å². The van der Waals surface area contributed by atoms with E-state index >= 15 is 0 Å². The van der Waals surface area contributed by atoms with Gasteiger partial charge in [-0.25, -0.2) is 0 Å². The van der Waals surface area contributed by atoms with E-state index in [1.54, 1.807) is 0 Å². The van der Waals surface area contributed by atoms with Crippen molar-refractivity contribution >= 4 is 28.4 Å². The molecule has 3 rings (SSSR count). The SMILES string of the molecule is Br.c1ccc(CN(c2ccccc2)c2ccccc2)cc1. The Kier molecular flexibility index (Phi) is 5.59. The third-order valence-electron chi connectivity index (χ3n) is 3.32. The molecule has 0 aromatic heterocycles. The number of halogens is 1. The summed E-state index contributed by atoms with van der Waals surface area (Å²) in [6.07, 6.45) is 0. The molecule has 3 aromatic rings. The van der Waals surface area contributed by atoms with Crippen LogP contribution in [0.25, 0.3) is 0 Å². The second-order valence-electron chi connectivity index (χ2n) is 4.74. The molecule has 0 aliphatic heterocycles. The van der Waals surface area contributed by atoms with Gasteiger partial charge in [-0.15, -0.1) is 17.0 Å². The minimum absolute atomic E-state index is 0. The van der Waals surface area contributed by atoms with Crippen molar-refractivity contribution in [2.45, 2.75) is 6.54 Å². The summed E-state index contributed by atoms with van der Waals surface area (Å²) >= 11 is 0. The van der Waals surface area contributed by atoms with E-state index < -0.39 is 0 Å². The zero-order chi connectivity index (χ0) is 13.6. The van der Waals surface area contributed by atoms with Crippen LogP contribution in [0.4, 0.5) is 11.4 Å². The maximum absolute atomic E-state index is 2.33. The molecule has 0 aliphatic carbocycles. The van der Waals surface area contributed by atoms with E-state index in [0.717, 1.165) is 6.54 Å². The normalized spacial score (nSPS) is 9.71. The van der Waals surface area contributed by atoms with E-state index in [1.165, 1.54) is 16.9 Å². The molecule has 0 spiro atoms. The number of para-hydroxylation sites is 2. The van der Waals surface area contributed by atoms with Crippen LogP contribution in [-0.2, 0) is 6.54 Å². The van der Waals surface area contributed by atoms with Crippen molar-refractivity contribution in [3.05, 3.63) is 96.6 Å². The Morgan fingerprint density at radius 2 is 0.905 bits per heavy atom. The van der Waals surface area contributed by atoms with Gasteiger partial charge in [-0.3, -0.25) is 0 Å². The number of nitrogens with zero attached hydrogens (tertiary/aromatic N) is 1. The van der Waals surface area contributed by atoms with Gasteiger partial charge in [0.05, 0.1) is 0 Å². The fraction of sp³-hybridized carbons (Fsp3) is 0.0526. The molecule has 0 saturated heterocycles. The highest BCUT2D eigenvalue weighted by Gasteiger charge is 2.08. The molecule has 0 radical (unpaired) electrons. The van der Waals surface area contributed by atoms with E-state index in [-0.39, 0.29) is 17.0 Å². The molecule has 0 fully saturated rings. The highest BCUT2D eigenvalue weighted by Crippen LogP contribution is 2.26. The van der Waals surface area contributed by atoms with Gasteiger partial charge in [0.25, 0.3) is 0 Å². The Morgan fingerprint density at radius 1 is 0.524 bits per heavy atom. The fourth-order valence-corrected chi connectivity index (χ4v) is 2.31. The van der Waals surface area contributed by atoms with Crippen LogP contribution in [0, 0.1) is 0 Å². The summed E-state index contributed by atoms with van der Waals surface area (Å²) < 4.78 is 0. The van der Waals surface area contributed by atoms with Gasteiger partial charge in [-0.1, -0.05) is 66.7 Å². The molecule has 3 aromatic carbocycles. The predicted octanol–water partition coefficient (Wildman–Crippen LogP) is 5.60. The largest absolute Gasteiger partial charge is 0.337 e. The van der Waals surface area contributed by atoms with Gasteiger partial charge in [-0.05, 0) is 29.8 Å². The van der Waals surface area contributed by atoms with Gasteiger partial charge in [-0.2, -0.15) is 0 Å². The summed E-state index contributed by atoms with van der Waals surface area (Å²) in [6.45, 7) is 0.870. The molecule has 0 N–H and O–H groups in total. The first-order valence-electron chi connectivity index (χ1n) is 6.85.